The number of hydrogen-bond donors (Lipinski definition) is 3. The summed E-state index contributed by atoms with van der Waals surface area (Å²) in [4.78, 5) is 11.7. The Morgan fingerprint density at radius 2 is 2.20 bits per heavy atom. The number of rotatable bonds is 4. The van der Waals surface area contributed by atoms with Crippen LogP contribution in [0.15, 0.2) is 22.7 Å². The molecule has 2 rings (SSSR count). The van der Waals surface area contributed by atoms with Gasteiger partial charge in [-0.3, -0.25) is 0 Å². The van der Waals surface area contributed by atoms with Crippen LogP contribution >= 0.6 is 15.9 Å². The van der Waals surface area contributed by atoms with Gasteiger partial charge in [0, 0.05) is 17.6 Å². The molecule has 0 spiro atoms. The molecule has 1 aromatic rings. The summed E-state index contributed by atoms with van der Waals surface area (Å²) in [6.45, 7) is 3.19. The van der Waals surface area contributed by atoms with Crippen LogP contribution in [0, 0.1) is 12.8 Å². The molecule has 1 aliphatic carbocycles. The van der Waals surface area contributed by atoms with Crippen LogP contribution in [0.5, 0.6) is 0 Å². The van der Waals surface area contributed by atoms with E-state index in [9.17, 15) is 9.90 Å². The van der Waals surface area contributed by atoms with Gasteiger partial charge in [-0.25, -0.2) is 4.79 Å². The van der Waals surface area contributed by atoms with Gasteiger partial charge in [-0.05, 0) is 55.4 Å². The molecular weight excluding hydrogens is 320 g/mol. The van der Waals surface area contributed by atoms with E-state index in [-0.39, 0.29) is 12.1 Å². The van der Waals surface area contributed by atoms with Crippen molar-refractivity contribution in [1.82, 2.24) is 10.6 Å². The topological polar surface area (TPSA) is 61.4 Å². The summed E-state index contributed by atoms with van der Waals surface area (Å²) in [7, 11) is 0. The largest absolute Gasteiger partial charge is 0.393 e. The molecule has 0 unspecified atom stereocenters. The molecule has 5 heteroatoms. The van der Waals surface area contributed by atoms with Crippen molar-refractivity contribution < 1.29 is 9.90 Å². The van der Waals surface area contributed by atoms with Crippen LogP contribution in [-0.4, -0.2) is 23.8 Å². The van der Waals surface area contributed by atoms with Crippen LogP contribution in [0.1, 0.15) is 30.4 Å². The van der Waals surface area contributed by atoms with E-state index in [0.717, 1.165) is 34.9 Å². The van der Waals surface area contributed by atoms with Crippen LogP contribution < -0.4 is 10.6 Å². The predicted molar refractivity (Wildman–Crippen MR) is 82.5 cm³/mol. The minimum atomic E-state index is -0.185. The number of urea groups is 1. The first-order chi connectivity index (χ1) is 9.54. The molecule has 0 heterocycles. The Balaban J connectivity index is 1.72. The van der Waals surface area contributed by atoms with Crippen molar-refractivity contribution in [3.05, 3.63) is 33.8 Å². The van der Waals surface area contributed by atoms with Crippen molar-refractivity contribution >= 4 is 22.0 Å². The first-order valence-corrected chi connectivity index (χ1v) is 7.78. The van der Waals surface area contributed by atoms with Crippen molar-refractivity contribution in [1.29, 1.82) is 0 Å². The van der Waals surface area contributed by atoms with Gasteiger partial charge in [0.1, 0.15) is 0 Å². The highest BCUT2D eigenvalue weighted by atomic mass is 79.9. The Kier molecular flexibility index (Phi) is 5.43. The second-order valence-electron chi connectivity index (χ2n) is 5.47. The first kappa shape index (κ1) is 15.3. The maximum Gasteiger partial charge on any atom is 0.315 e. The van der Waals surface area contributed by atoms with E-state index < -0.39 is 0 Å². The molecule has 0 aliphatic heterocycles. The Bertz CT molecular complexity index is 479. The predicted octanol–water partition coefficient (Wildman–Crippen LogP) is 2.72. The quantitative estimate of drug-likeness (QED) is 0.789. The lowest BCUT2D eigenvalue weighted by Crippen LogP contribution is -2.37. The minimum absolute atomic E-state index is 0.145. The van der Waals surface area contributed by atoms with Gasteiger partial charge in [-0.2, -0.15) is 0 Å². The second kappa shape index (κ2) is 7.09. The summed E-state index contributed by atoms with van der Waals surface area (Å²) in [6, 6.07) is 5.87. The Labute approximate surface area is 128 Å². The number of hydrogen-bond acceptors (Lipinski definition) is 2. The lowest BCUT2D eigenvalue weighted by molar-refractivity contribution is 0.177. The van der Waals surface area contributed by atoms with E-state index >= 15 is 0 Å². The highest BCUT2D eigenvalue weighted by Crippen LogP contribution is 2.24. The van der Waals surface area contributed by atoms with E-state index in [1.54, 1.807) is 0 Å². The number of carbonyl (C=O) groups excluding carboxylic acids is 1. The summed E-state index contributed by atoms with van der Waals surface area (Å²) in [5.74, 6) is 0.408. The fourth-order valence-corrected chi connectivity index (χ4v) is 3.04. The van der Waals surface area contributed by atoms with Gasteiger partial charge >= 0.3 is 6.03 Å². The Morgan fingerprint density at radius 1 is 1.40 bits per heavy atom. The number of nitrogens with one attached hydrogen (secondary N) is 2. The number of benzene rings is 1. The second-order valence-corrected chi connectivity index (χ2v) is 6.38. The van der Waals surface area contributed by atoms with Gasteiger partial charge in [-0.15, -0.1) is 0 Å². The van der Waals surface area contributed by atoms with Crippen molar-refractivity contribution in [2.24, 2.45) is 5.92 Å². The van der Waals surface area contributed by atoms with Gasteiger partial charge in [-0.1, -0.05) is 22.0 Å². The van der Waals surface area contributed by atoms with Crippen LogP contribution in [0.3, 0.4) is 0 Å². The first-order valence-electron chi connectivity index (χ1n) is 6.99. The molecule has 2 atom stereocenters. The van der Waals surface area contributed by atoms with Gasteiger partial charge in [0.2, 0.25) is 0 Å². The third-order valence-electron chi connectivity index (χ3n) is 3.81. The maximum absolute atomic E-state index is 11.7. The fourth-order valence-electron chi connectivity index (χ4n) is 2.57. The third-order valence-corrected chi connectivity index (χ3v) is 4.30. The lowest BCUT2D eigenvalue weighted by atomic mass is 10.1. The zero-order valence-electron chi connectivity index (χ0n) is 11.7. The van der Waals surface area contributed by atoms with Crippen LogP contribution in [-0.2, 0) is 6.54 Å². The monoisotopic (exact) mass is 340 g/mol. The summed E-state index contributed by atoms with van der Waals surface area (Å²) in [5, 5.41) is 15.2. The standard InChI is InChI=1S/C15H21BrN2O2/c1-10-6-13(16)4-3-12(10)9-18-15(20)17-8-11-2-5-14(19)7-11/h3-4,6,11,14,19H,2,5,7-9H2,1H3,(H2,17,18,20)/t11-,14+/m1/s1. The van der Waals surface area contributed by atoms with Crippen LogP contribution in [0.25, 0.3) is 0 Å². The van der Waals surface area contributed by atoms with Gasteiger partial charge in [0.25, 0.3) is 0 Å². The average Bonchev–Trinajstić information content (AvgIpc) is 2.81. The van der Waals surface area contributed by atoms with Gasteiger partial charge in [0.15, 0.2) is 0 Å². The van der Waals surface area contributed by atoms with Crippen molar-refractivity contribution in [3.8, 4) is 0 Å². The minimum Gasteiger partial charge on any atom is -0.393 e. The van der Waals surface area contributed by atoms with Crippen molar-refractivity contribution in [3.63, 3.8) is 0 Å². The van der Waals surface area contributed by atoms with Crippen LogP contribution in [0.2, 0.25) is 0 Å². The Hall–Kier alpha value is -1.07. The molecule has 0 radical (unpaired) electrons. The highest BCUT2D eigenvalue weighted by Gasteiger charge is 2.22. The molecule has 1 saturated carbocycles. The molecule has 0 aromatic heterocycles. The highest BCUT2D eigenvalue weighted by molar-refractivity contribution is 9.10. The fraction of sp³-hybridized carbons (Fsp3) is 0.533. The number of halogens is 1. The molecule has 1 fully saturated rings. The summed E-state index contributed by atoms with van der Waals surface area (Å²) >= 11 is 3.42. The van der Waals surface area contributed by atoms with Crippen molar-refractivity contribution in [2.75, 3.05) is 6.54 Å². The molecular formula is C15H21BrN2O2. The molecule has 0 bridgehead atoms. The van der Waals surface area contributed by atoms with Gasteiger partial charge < -0.3 is 15.7 Å². The number of carbonyl (C=O) groups is 1. The lowest BCUT2D eigenvalue weighted by Gasteiger charge is -2.13. The molecule has 0 saturated heterocycles. The van der Waals surface area contributed by atoms with Crippen molar-refractivity contribution in [2.45, 2.75) is 38.8 Å². The van der Waals surface area contributed by atoms with E-state index in [2.05, 4.69) is 26.6 Å². The zero-order chi connectivity index (χ0) is 14.5. The normalized spacial score (nSPS) is 21.8. The molecule has 1 aromatic carbocycles. The number of aryl methyl sites for hydroxylation is 1. The molecule has 110 valence electrons. The molecule has 1 aliphatic rings. The third kappa shape index (κ3) is 4.49. The molecule has 4 nitrogen and oxygen atoms in total. The smallest absolute Gasteiger partial charge is 0.315 e. The summed E-state index contributed by atoms with van der Waals surface area (Å²) in [6.07, 6.45) is 2.46. The Morgan fingerprint density at radius 3 is 2.85 bits per heavy atom. The van der Waals surface area contributed by atoms with Crippen LogP contribution in [0.4, 0.5) is 4.79 Å². The van der Waals surface area contributed by atoms with E-state index in [1.165, 1.54) is 0 Å². The van der Waals surface area contributed by atoms with E-state index in [4.69, 9.17) is 0 Å². The van der Waals surface area contributed by atoms with E-state index in [1.807, 2.05) is 25.1 Å². The SMILES string of the molecule is Cc1cc(Br)ccc1CNC(=O)NC[C@@H]1CC[C@H](O)C1. The molecule has 2 amide bonds. The molecule has 20 heavy (non-hydrogen) atoms. The zero-order valence-corrected chi connectivity index (χ0v) is 13.2. The van der Waals surface area contributed by atoms with Gasteiger partial charge in [0.05, 0.1) is 6.10 Å². The number of aliphatic hydroxyl groups excluding tert-OH is 1. The average molecular weight is 341 g/mol. The summed E-state index contributed by atoms with van der Waals surface area (Å²) in [5.41, 5.74) is 2.26. The number of aliphatic hydroxyl groups is 1. The maximum atomic E-state index is 11.7. The molecule has 3 N–H and O–H groups in total. The summed E-state index contributed by atoms with van der Waals surface area (Å²) < 4.78 is 1.04. The number of amides is 2. The van der Waals surface area contributed by atoms with E-state index in [0.29, 0.717) is 19.0 Å².